The van der Waals surface area contributed by atoms with Gasteiger partial charge < -0.3 is 20.0 Å². The molecule has 144 valence electrons. The molecule has 0 aliphatic carbocycles. The van der Waals surface area contributed by atoms with E-state index in [4.69, 9.17) is 0 Å². The Morgan fingerprint density at radius 1 is 1.23 bits per heavy atom. The number of hydrogen-bond donors (Lipinski definition) is 1. The molecule has 1 saturated heterocycles. The van der Waals surface area contributed by atoms with Crippen LogP contribution in [0, 0.1) is 0 Å². The van der Waals surface area contributed by atoms with Crippen LogP contribution in [0.15, 0.2) is 39.3 Å². The van der Waals surface area contributed by atoms with Crippen molar-refractivity contribution in [3.05, 3.63) is 39.9 Å². The Labute approximate surface area is 181 Å². The molecule has 0 saturated carbocycles. The highest BCUT2D eigenvalue weighted by atomic mass is 127. The van der Waals surface area contributed by atoms with Gasteiger partial charge in [0, 0.05) is 39.8 Å². The van der Waals surface area contributed by atoms with Gasteiger partial charge in [-0.05, 0) is 54.0 Å². The molecule has 1 N–H and O–H groups in total. The fourth-order valence-corrected chi connectivity index (χ4v) is 4.66. The molecule has 8 heteroatoms. The van der Waals surface area contributed by atoms with Crippen molar-refractivity contribution in [3.8, 4) is 0 Å². The number of nitrogens with zero attached hydrogens (tertiary/aromatic N) is 4. The molecule has 0 spiro atoms. The summed E-state index contributed by atoms with van der Waals surface area (Å²) < 4.78 is 0. The monoisotopic (exact) mass is 505 g/mol. The number of piperazine rings is 1. The highest BCUT2D eigenvalue weighted by Gasteiger charge is 2.22. The van der Waals surface area contributed by atoms with E-state index in [0.717, 1.165) is 38.7 Å². The Hall–Kier alpha value is -0.840. The van der Waals surface area contributed by atoms with E-state index < -0.39 is 0 Å². The number of halogens is 1. The van der Waals surface area contributed by atoms with Crippen LogP contribution in [0.4, 0.5) is 5.00 Å². The number of rotatable bonds is 5. The second kappa shape index (κ2) is 10.5. The maximum absolute atomic E-state index is 4.51. The normalized spacial score (nSPS) is 16.5. The Morgan fingerprint density at radius 2 is 2.00 bits per heavy atom. The Kier molecular flexibility index (Phi) is 8.65. The second-order valence-electron chi connectivity index (χ2n) is 6.39. The zero-order valence-electron chi connectivity index (χ0n) is 15.6. The molecule has 1 fully saturated rings. The summed E-state index contributed by atoms with van der Waals surface area (Å²) in [5.41, 5.74) is 1.36. The molecule has 1 atom stereocenters. The third-order valence-electron chi connectivity index (χ3n) is 4.61. The molecule has 0 amide bonds. The minimum absolute atomic E-state index is 0. The number of nitrogens with one attached hydrogen (secondary N) is 1. The second-order valence-corrected chi connectivity index (χ2v) is 8.10. The van der Waals surface area contributed by atoms with E-state index in [1.165, 1.54) is 10.6 Å². The quantitative estimate of drug-likeness (QED) is 0.384. The number of thiophene rings is 2. The Bertz CT molecular complexity index is 649. The van der Waals surface area contributed by atoms with E-state index in [2.05, 4.69) is 73.4 Å². The summed E-state index contributed by atoms with van der Waals surface area (Å²) in [6, 6.07) is 6.89. The average molecular weight is 505 g/mol. The van der Waals surface area contributed by atoms with Gasteiger partial charge in [-0.3, -0.25) is 4.99 Å². The predicted molar refractivity (Wildman–Crippen MR) is 126 cm³/mol. The molecule has 2 aromatic rings. The average Bonchev–Trinajstić information content (AvgIpc) is 3.32. The summed E-state index contributed by atoms with van der Waals surface area (Å²) in [7, 11) is 6.14. The molecule has 0 radical (unpaired) electrons. The lowest BCUT2D eigenvalue weighted by molar-refractivity contribution is 0.293. The van der Waals surface area contributed by atoms with E-state index in [-0.39, 0.29) is 24.0 Å². The summed E-state index contributed by atoms with van der Waals surface area (Å²) in [5, 5.41) is 11.5. The SMILES string of the molecule is CN=C(NCC(c1ccsc1)N(C)C)N1CCN(c2cccs2)CC1.I. The highest BCUT2D eigenvalue weighted by molar-refractivity contribution is 14.0. The van der Waals surface area contributed by atoms with E-state index in [1.54, 1.807) is 11.3 Å². The number of anilines is 1. The number of guanidine groups is 1. The fourth-order valence-electron chi connectivity index (χ4n) is 3.17. The van der Waals surface area contributed by atoms with Gasteiger partial charge in [-0.25, -0.2) is 0 Å². The van der Waals surface area contributed by atoms with Crippen LogP contribution in [-0.2, 0) is 0 Å². The number of aliphatic imine (C=N–C) groups is 1. The van der Waals surface area contributed by atoms with E-state index in [1.807, 2.05) is 18.4 Å². The molecule has 2 aromatic heterocycles. The van der Waals surface area contributed by atoms with Crippen molar-refractivity contribution < 1.29 is 0 Å². The Morgan fingerprint density at radius 3 is 2.54 bits per heavy atom. The molecular weight excluding hydrogens is 477 g/mol. The van der Waals surface area contributed by atoms with Gasteiger partial charge in [0.1, 0.15) is 0 Å². The zero-order valence-corrected chi connectivity index (χ0v) is 19.6. The first-order valence-electron chi connectivity index (χ1n) is 8.61. The standard InChI is InChI=1S/C18H27N5S2.HI/c1-19-18(20-13-16(21(2)3)15-6-12-24-14-15)23-9-7-22(8-10-23)17-5-4-11-25-17;/h4-6,11-12,14,16H,7-10,13H2,1-3H3,(H,19,20);1H. The van der Waals surface area contributed by atoms with E-state index >= 15 is 0 Å². The van der Waals surface area contributed by atoms with Crippen molar-refractivity contribution in [2.24, 2.45) is 4.99 Å². The smallest absolute Gasteiger partial charge is 0.193 e. The van der Waals surface area contributed by atoms with Crippen molar-refractivity contribution in [3.63, 3.8) is 0 Å². The largest absolute Gasteiger partial charge is 0.360 e. The van der Waals surface area contributed by atoms with Gasteiger partial charge in [-0.2, -0.15) is 11.3 Å². The van der Waals surface area contributed by atoms with Crippen molar-refractivity contribution in [1.29, 1.82) is 0 Å². The zero-order chi connectivity index (χ0) is 17.6. The van der Waals surface area contributed by atoms with Gasteiger partial charge in [0.15, 0.2) is 5.96 Å². The van der Waals surface area contributed by atoms with Crippen molar-refractivity contribution in [1.82, 2.24) is 15.1 Å². The van der Waals surface area contributed by atoms with Crippen LogP contribution in [0.5, 0.6) is 0 Å². The van der Waals surface area contributed by atoms with Gasteiger partial charge in [0.05, 0.1) is 11.0 Å². The molecule has 5 nitrogen and oxygen atoms in total. The highest BCUT2D eigenvalue weighted by Crippen LogP contribution is 2.23. The van der Waals surface area contributed by atoms with Crippen LogP contribution in [0.3, 0.4) is 0 Å². The first kappa shape index (κ1) is 21.5. The lowest BCUT2D eigenvalue weighted by atomic mass is 10.1. The maximum Gasteiger partial charge on any atom is 0.193 e. The number of hydrogen-bond acceptors (Lipinski definition) is 5. The minimum Gasteiger partial charge on any atom is -0.360 e. The molecule has 3 heterocycles. The summed E-state index contributed by atoms with van der Waals surface area (Å²) in [6.07, 6.45) is 0. The molecule has 1 unspecified atom stereocenters. The van der Waals surface area contributed by atoms with Crippen molar-refractivity contribution in [2.75, 3.05) is 58.8 Å². The lowest BCUT2D eigenvalue weighted by Crippen LogP contribution is -2.53. The van der Waals surface area contributed by atoms with Crippen LogP contribution < -0.4 is 10.2 Å². The van der Waals surface area contributed by atoms with Crippen molar-refractivity contribution in [2.45, 2.75) is 6.04 Å². The topological polar surface area (TPSA) is 34.1 Å². The van der Waals surface area contributed by atoms with E-state index in [9.17, 15) is 0 Å². The van der Waals surface area contributed by atoms with Gasteiger partial charge >= 0.3 is 0 Å². The third kappa shape index (κ3) is 5.34. The molecule has 3 rings (SSSR count). The lowest BCUT2D eigenvalue weighted by Gasteiger charge is -2.37. The molecule has 0 aromatic carbocycles. The first-order chi connectivity index (χ1) is 12.2. The van der Waals surface area contributed by atoms with Gasteiger partial charge in [-0.15, -0.1) is 35.3 Å². The minimum atomic E-state index is 0. The Balaban J connectivity index is 0.00000243. The molecule has 1 aliphatic heterocycles. The molecular formula is C18H28IN5S2. The summed E-state index contributed by atoms with van der Waals surface area (Å²) >= 11 is 3.57. The maximum atomic E-state index is 4.51. The van der Waals surface area contributed by atoms with Gasteiger partial charge in [0.25, 0.3) is 0 Å². The predicted octanol–water partition coefficient (Wildman–Crippen LogP) is 3.43. The van der Waals surface area contributed by atoms with Crippen LogP contribution >= 0.6 is 46.7 Å². The summed E-state index contributed by atoms with van der Waals surface area (Å²) in [6.45, 7) is 4.96. The molecule has 26 heavy (non-hydrogen) atoms. The van der Waals surface area contributed by atoms with Crippen LogP contribution in [0.25, 0.3) is 0 Å². The molecule has 1 aliphatic rings. The summed E-state index contributed by atoms with van der Waals surface area (Å²) in [5.74, 6) is 1.01. The van der Waals surface area contributed by atoms with Gasteiger partial charge in [0.2, 0.25) is 0 Å². The van der Waals surface area contributed by atoms with Crippen molar-refractivity contribution >= 4 is 57.6 Å². The first-order valence-corrected chi connectivity index (χ1v) is 10.4. The summed E-state index contributed by atoms with van der Waals surface area (Å²) in [4.78, 5) is 11.6. The van der Waals surface area contributed by atoms with Crippen LogP contribution in [-0.4, -0.2) is 69.6 Å². The van der Waals surface area contributed by atoms with Gasteiger partial charge in [-0.1, -0.05) is 0 Å². The third-order valence-corrected chi connectivity index (χ3v) is 6.24. The molecule has 0 bridgehead atoms. The number of likely N-dealkylation sites (N-methyl/N-ethyl adjacent to an activating group) is 1. The van der Waals surface area contributed by atoms with E-state index in [0.29, 0.717) is 6.04 Å². The van der Waals surface area contributed by atoms with Crippen LogP contribution in [0.2, 0.25) is 0 Å². The van der Waals surface area contributed by atoms with Crippen LogP contribution in [0.1, 0.15) is 11.6 Å². The fraction of sp³-hybridized carbons (Fsp3) is 0.500.